The third kappa shape index (κ3) is 4.50. The first-order valence-electron chi connectivity index (χ1n) is 8.15. The van der Waals surface area contributed by atoms with E-state index < -0.39 is 5.91 Å². The summed E-state index contributed by atoms with van der Waals surface area (Å²) in [4.78, 5) is 23.6. The highest BCUT2D eigenvalue weighted by atomic mass is 16.5. The summed E-state index contributed by atoms with van der Waals surface area (Å²) < 4.78 is 10.00. The molecule has 0 aliphatic heterocycles. The van der Waals surface area contributed by atoms with Crippen molar-refractivity contribution in [2.45, 2.75) is 0 Å². The number of nitrogens with zero attached hydrogens (tertiary/aromatic N) is 1. The van der Waals surface area contributed by atoms with Gasteiger partial charge in [-0.15, -0.1) is 0 Å². The van der Waals surface area contributed by atoms with Gasteiger partial charge >= 0.3 is 5.91 Å². The van der Waals surface area contributed by atoms with Crippen LogP contribution in [0.4, 0.5) is 0 Å². The van der Waals surface area contributed by atoms with Gasteiger partial charge in [-0.25, -0.2) is 5.48 Å². The Hall–Kier alpha value is -3.65. The minimum atomic E-state index is -0.830. The van der Waals surface area contributed by atoms with Crippen LogP contribution in [0.3, 0.4) is 0 Å². The van der Waals surface area contributed by atoms with Gasteiger partial charge in [0, 0.05) is 5.56 Å². The monoisotopic (exact) mass is 367 g/mol. The Balaban J connectivity index is 1.56. The number of hydrogen-bond acceptors (Lipinski definition) is 6. The van der Waals surface area contributed by atoms with Crippen molar-refractivity contribution in [1.29, 1.82) is 0 Å². The van der Waals surface area contributed by atoms with Crippen LogP contribution in [0.2, 0.25) is 0 Å². The Bertz CT molecular complexity index is 924. The third-order valence-corrected chi connectivity index (χ3v) is 3.71. The lowest BCUT2D eigenvalue weighted by molar-refractivity contribution is 0.0666. The highest BCUT2D eigenvalue weighted by Gasteiger charge is 2.14. The molecular formula is C19H17N3O5. The van der Waals surface area contributed by atoms with Gasteiger partial charge in [0.25, 0.3) is 11.8 Å². The number of benzene rings is 2. The molecule has 8 nitrogen and oxygen atoms in total. The first kappa shape index (κ1) is 18.2. The molecule has 0 radical (unpaired) electrons. The van der Waals surface area contributed by atoms with Gasteiger partial charge in [-0.2, -0.15) is 0 Å². The molecule has 1 aromatic heterocycles. The molecule has 27 heavy (non-hydrogen) atoms. The van der Waals surface area contributed by atoms with Crippen molar-refractivity contribution in [1.82, 2.24) is 16.0 Å². The van der Waals surface area contributed by atoms with Crippen molar-refractivity contribution < 1.29 is 24.1 Å². The molecule has 2 aromatic carbocycles. The van der Waals surface area contributed by atoms with E-state index in [0.29, 0.717) is 5.56 Å². The molecule has 3 aromatic rings. The summed E-state index contributed by atoms with van der Waals surface area (Å²) in [5.41, 5.74) is 3.79. The van der Waals surface area contributed by atoms with Gasteiger partial charge < -0.3 is 14.6 Å². The van der Waals surface area contributed by atoms with Gasteiger partial charge in [-0.1, -0.05) is 48.5 Å². The SMILES string of the molecule is O=C(NO)c1cc(OCCNC(=O)c2ccccc2-c2ccccc2)no1. The van der Waals surface area contributed by atoms with E-state index in [0.717, 1.165) is 11.1 Å². The maximum atomic E-state index is 12.5. The molecule has 0 unspecified atom stereocenters. The van der Waals surface area contributed by atoms with Crippen LogP contribution >= 0.6 is 0 Å². The lowest BCUT2D eigenvalue weighted by Gasteiger charge is -2.10. The first-order chi connectivity index (χ1) is 13.2. The standard InChI is InChI=1S/C19H17N3O5/c23-18(15-9-5-4-8-14(15)13-6-2-1-3-7-13)20-10-11-26-17-12-16(27-22-17)19(24)21-25/h1-9,12,25H,10-11H2,(H,20,23)(H,21,24). The topological polar surface area (TPSA) is 114 Å². The van der Waals surface area contributed by atoms with Crippen LogP contribution in [-0.2, 0) is 0 Å². The fourth-order valence-corrected chi connectivity index (χ4v) is 2.46. The van der Waals surface area contributed by atoms with E-state index in [9.17, 15) is 9.59 Å². The fraction of sp³-hybridized carbons (Fsp3) is 0.105. The second-order valence-electron chi connectivity index (χ2n) is 5.49. The van der Waals surface area contributed by atoms with Crippen LogP contribution < -0.4 is 15.5 Å². The number of ether oxygens (including phenoxy) is 1. The molecule has 0 bridgehead atoms. The highest BCUT2D eigenvalue weighted by molar-refractivity contribution is 6.00. The van der Waals surface area contributed by atoms with Crippen LogP contribution in [0, 0.1) is 0 Å². The summed E-state index contributed by atoms with van der Waals surface area (Å²) in [6, 6.07) is 18.2. The smallest absolute Gasteiger partial charge is 0.313 e. The zero-order valence-corrected chi connectivity index (χ0v) is 14.2. The lowest BCUT2D eigenvalue weighted by atomic mass is 9.99. The number of nitrogens with one attached hydrogen (secondary N) is 2. The molecule has 1 heterocycles. The van der Waals surface area contributed by atoms with Crippen molar-refractivity contribution in [3.05, 3.63) is 72.0 Å². The van der Waals surface area contributed by atoms with Crippen LogP contribution in [0.1, 0.15) is 20.9 Å². The third-order valence-electron chi connectivity index (χ3n) is 3.71. The zero-order valence-electron chi connectivity index (χ0n) is 14.2. The van der Waals surface area contributed by atoms with Gasteiger partial charge in [0.05, 0.1) is 12.6 Å². The minimum absolute atomic E-state index is 0.0764. The molecule has 138 valence electrons. The Morgan fingerprint density at radius 1 is 1.04 bits per heavy atom. The summed E-state index contributed by atoms with van der Waals surface area (Å²) in [5.74, 6) is -1.16. The van der Waals surface area contributed by atoms with Gasteiger partial charge in [-0.05, 0) is 22.3 Å². The Morgan fingerprint density at radius 2 is 1.78 bits per heavy atom. The van der Waals surface area contributed by atoms with Gasteiger partial charge in [0.15, 0.2) is 0 Å². The average Bonchev–Trinajstić information content (AvgIpc) is 3.20. The summed E-state index contributed by atoms with van der Waals surface area (Å²) in [6.45, 7) is 0.363. The van der Waals surface area contributed by atoms with Crippen LogP contribution in [-0.4, -0.2) is 35.3 Å². The van der Waals surface area contributed by atoms with E-state index in [1.807, 2.05) is 42.5 Å². The molecule has 2 amide bonds. The van der Waals surface area contributed by atoms with E-state index in [1.165, 1.54) is 11.5 Å². The van der Waals surface area contributed by atoms with Crippen LogP contribution in [0.15, 0.2) is 65.2 Å². The zero-order chi connectivity index (χ0) is 19.1. The van der Waals surface area contributed by atoms with Crippen molar-refractivity contribution in [3.8, 4) is 17.0 Å². The Kier molecular flexibility index (Phi) is 5.80. The molecule has 0 fully saturated rings. The van der Waals surface area contributed by atoms with Gasteiger partial charge in [-0.3, -0.25) is 14.8 Å². The number of hydroxylamine groups is 1. The molecule has 8 heteroatoms. The van der Waals surface area contributed by atoms with E-state index >= 15 is 0 Å². The second-order valence-corrected chi connectivity index (χ2v) is 5.49. The maximum Gasteiger partial charge on any atom is 0.313 e. The molecule has 0 saturated carbocycles. The maximum absolute atomic E-state index is 12.5. The Labute approximate surface area is 154 Å². The normalized spacial score (nSPS) is 10.3. The molecule has 0 aliphatic rings. The van der Waals surface area contributed by atoms with E-state index in [2.05, 4.69) is 10.5 Å². The fourth-order valence-electron chi connectivity index (χ4n) is 2.46. The summed E-state index contributed by atoms with van der Waals surface area (Å²) in [7, 11) is 0. The predicted molar refractivity (Wildman–Crippen MR) is 95.5 cm³/mol. The van der Waals surface area contributed by atoms with Crippen molar-refractivity contribution in [2.24, 2.45) is 0 Å². The molecule has 3 rings (SSSR count). The average molecular weight is 367 g/mol. The molecular weight excluding hydrogens is 350 g/mol. The van der Waals surface area contributed by atoms with E-state index in [4.69, 9.17) is 14.5 Å². The molecule has 3 N–H and O–H groups in total. The lowest BCUT2D eigenvalue weighted by Crippen LogP contribution is -2.28. The van der Waals surface area contributed by atoms with E-state index in [-0.39, 0.29) is 30.7 Å². The number of carbonyl (C=O) groups is 2. The predicted octanol–water partition coefficient (Wildman–Crippen LogP) is 2.27. The number of carbonyl (C=O) groups excluding carboxylic acids is 2. The minimum Gasteiger partial charge on any atom is -0.474 e. The van der Waals surface area contributed by atoms with Crippen molar-refractivity contribution >= 4 is 11.8 Å². The number of amides is 2. The number of rotatable bonds is 7. The number of aromatic nitrogens is 1. The molecule has 0 aliphatic carbocycles. The largest absolute Gasteiger partial charge is 0.474 e. The summed E-state index contributed by atoms with van der Waals surface area (Å²) in [5, 5.41) is 14.8. The Morgan fingerprint density at radius 3 is 2.56 bits per heavy atom. The van der Waals surface area contributed by atoms with Crippen molar-refractivity contribution in [3.63, 3.8) is 0 Å². The quantitative estimate of drug-likeness (QED) is 0.335. The summed E-state index contributed by atoms with van der Waals surface area (Å²) >= 11 is 0. The first-order valence-corrected chi connectivity index (χ1v) is 8.15. The number of hydrogen-bond donors (Lipinski definition) is 3. The molecule has 0 saturated heterocycles. The summed E-state index contributed by atoms with van der Waals surface area (Å²) in [6.07, 6.45) is 0. The van der Waals surface area contributed by atoms with Crippen LogP contribution in [0.25, 0.3) is 11.1 Å². The van der Waals surface area contributed by atoms with Crippen molar-refractivity contribution in [2.75, 3.05) is 13.2 Å². The van der Waals surface area contributed by atoms with Gasteiger partial charge in [0.1, 0.15) is 6.61 Å². The van der Waals surface area contributed by atoms with Gasteiger partial charge in [0.2, 0.25) is 5.76 Å². The van der Waals surface area contributed by atoms with E-state index in [1.54, 1.807) is 12.1 Å². The second kappa shape index (κ2) is 8.63. The molecule has 0 atom stereocenters. The van der Waals surface area contributed by atoms with Crippen LogP contribution in [0.5, 0.6) is 5.88 Å². The molecule has 0 spiro atoms. The highest BCUT2D eigenvalue weighted by Crippen LogP contribution is 2.23.